The average Bonchev–Trinajstić information content (AvgIpc) is 2.47. The Morgan fingerprint density at radius 2 is 1.86 bits per heavy atom. The van der Waals surface area contributed by atoms with Crippen LogP contribution in [0.2, 0.25) is 10.2 Å². The van der Waals surface area contributed by atoms with E-state index in [0.29, 0.717) is 21.4 Å². The maximum Gasteiger partial charge on any atom is 0.273 e. The molecule has 2 heterocycles. The van der Waals surface area contributed by atoms with Crippen LogP contribution in [-0.2, 0) is 6.54 Å². The van der Waals surface area contributed by atoms with Crippen molar-refractivity contribution in [2.24, 2.45) is 0 Å². The molecule has 1 aromatic carbocycles. The number of hydrogen-bond acceptors (Lipinski definition) is 3. The van der Waals surface area contributed by atoms with Gasteiger partial charge in [-0.15, -0.1) is 0 Å². The normalized spacial score (nSPS) is 11.0. The van der Waals surface area contributed by atoms with Crippen LogP contribution in [0.4, 0.5) is 0 Å². The summed E-state index contributed by atoms with van der Waals surface area (Å²) in [5.74, 6) is 0. The Hall–Kier alpha value is -2.11. The highest BCUT2D eigenvalue weighted by atomic mass is 35.5. The third-order valence-electron chi connectivity index (χ3n) is 3.11. The number of aromatic amines is 1. The van der Waals surface area contributed by atoms with Crippen LogP contribution in [0, 0.1) is 0 Å². The number of H-pyrrole nitrogens is 1. The molecule has 0 amide bonds. The van der Waals surface area contributed by atoms with Crippen molar-refractivity contribution in [2.75, 3.05) is 0 Å². The summed E-state index contributed by atoms with van der Waals surface area (Å²) in [7, 11) is 0. The van der Waals surface area contributed by atoms with Crippen molar-refractivity contribution in [3.8, 4) is 0 Å². The first-order chi connectivity index (χ1) is 10.1. The van der Waals surface area contributed by atoms with Gasteiger partial charge >= 0.3 is 0 Å². The van der Waals surface area contributed by atoms with E-state index in [1.54, 1.807) is 24.3 Å². The van der Waals surface area contributed by atoms with Crippen LogP contribution < -0.4 is 11.1 Å². The molecule has 0 aliphatic carbocycles. The van der Waals surface area contributed by atoms with Gasteiger partial charge in [-0.25, -0.2) is 9.67 Å². The summed E-state index contributed by atoms with van der Waals surface area (Å²) in [6.45, 7) is 0.113. The molecule has 3 aromatic rings. The monoisotopic (exact) mass is 321 g/mol. The lowest BCUT2D eigenvalue weighted by Gasteiger charge is -2.08. The summed E-state index contributed by atoms with van der Waals surface area (Å²) in [4.78, 5) is 28.3. The average molecular weight is 322 g/mol. The summed E-state index contributed by atoms with van der Waals surface area (Å²) in [5, 5.41) is 3.91. The quantitative estimate of drug-likeness (QED) is 0.737. The van der Waals surface area contributed by atoms with Crippen LogP contribution in [0.15, 0.2) is 46.1 Å². The standard InChI is InChI=1S/C14H9Cl2N3O2/c15-11-5-12(16)17-6-8(11)7-19-14(21)10-4-2-1-3-9(10)13(20)18-19/h1-6H,7H2,(H,18,20). The molecule has 0 unspecified atom stereocenters. The van der Waals surface area contributed by atoms with E-state index < -0.39 is 0 Å². The lowest BCUT2D eigenvalue weighted by molar-refractivity contribution is 0.635. The summed E-state index contributed by atoms with van der Waals surface area (Å²) < 4.78 is 1.21. The number of halogens is 2. The first kappa shape index (κ1) is 13.9. The zero-order valence-corrected chi connectivity index (χ0v) is 12.1. The fourth-order valence-corrected chi connectivity index (χ4v) is 2.51. The van der Waals surface area contributed by atoms with Crippen LogP contribution in [0.1, 0.15) is 5.56 Å². The first-order valence-corrected chi connectivity index (χ1v) is 6.83. The van der Waals surface area contributed by atoms with Crippen LogP contribution in [-0.4, -0.2) is 14.8 Å². The van der Waals surface area contributed by atoms with Gasteiger partial charge in [0.25, 0.3) is 11.1 Å². The molecule has 0 bridgehead atoms. The topological polar surface area (TPSA) is 67.8 Å². The minimum Gasteiger partial charge on any atom is -0.267 e. The third-order valence-corrected chi connectivity index (χ3v) is 3.67. The smallest absolute Gasteiger partial charge is 0.267 e. The van der Waals surface area contributed by atoms with Crippen molar-refractivity contribution >= 4 is 34.0 Å². The molecule has 7 heteroatoms. The van der Waals surface area contributed by atoms with Gasteiger partial charge in [-0.2, -0.15) is 0 Å². The van der Waals surface area contributed by atoms with E-state index in [9.17, 15) is 9.59 Å². The van der Waals surface area contributed by atoms with Gasteiger partial charge in [0.1, 0.15) is 5.15 Å². The zero-order chi connectivity index (χ0) is 15.0. The molecule has 5 nitrogen and oxygen atoms in total. The summed E-state index contributed by atoms with van der Waals surface area (Å²) in [6, 6.07) is 8.14. The van der Waals surface area contributed by atoms with E-state index in [4.69, 9.17) is 23.2 Å². The fourth-order valence-electron chi connectivity index (χ4n) is 2.08. The number of nitrogens with one attached hydrogen (secondary N) is 1. The second-order valence-corrected chi connectivity index (χ2v) is 5.27. The molecule has 106 valence electrons. The molecule has 0 atom stereocenters. The van der Waals surface area contributed by atoms with Crippen molar-refractivity contribution < 1.29 is 0 Å². The van der Waals surface area contributed by atoms with E-state index in [1.807, 2.05) is 0 Å². The van der Waals surface area contributed by atoms with Gasteiger partial charge in [0.05, 0.1) is 22.3 Å². The molecule has 0 saturated carbocycles. The van der Waals surface area contributed by atoms with Crippen molar-refractivity contribution in [3.63, 3.8) is 0 Å². The highest BCUT2D eigenvalue weighted by Crippen LogP contribution is 2.18. The second kappa shape index (κ2) is 5.35. The predicted molar refractivity (Wildman–Crippen MR) is 82.2 cm³/mol. The van der Waals surface area contributed by atoms with E-state index in [2.05, 4.69) is 10.1 Å². The zero-order valence-electron chi connectivity index (χ0n) is 10.6. The Bertz CT molecular complexity index is 947. The SMILES string of the molecule is O=c1[nH]n(Cc2cnc(Cl)cc2Cl)c(=O)c2ccccc12. The highest BCUT2D eigenvalue weighted by Gasteiger charge is 2.09. The summed E-state index contributed by atoms with van der Waals surface area (Å²) >= 11 is 11.8. The molecule has 0 radical (unpaired) electrons. The number of aromatic nitrogens is 3. The number of hydrogen-bond donors (Lipinski definition) is 1. The molecular weight excluding hydrogens is 313 g/mol. The Kier molecular flexibility index (Phi) is 3.53. The number of rotatable bonds is 2. The minimum absolute atomic E-state index is 0.113. The van der Waals surface area contributed by atoms with E-state index in [-0.39, 0.29) is 22.8 Å². The Labute approximate surface area is 128 Å². The summed E-state index contributed by atoms with van der Waals surface area (Å²) in [5.41, 5.74) is -0.0337. The van der Waals surface area contributed by atoms with Crippen molar-refractivity contribution in [1.29, 1.82) is 0 Å². The van der Waals surface area contributed by atoms with Gasteiger partial charge < -0.3 is 0 Å². The van der Waals surface area contributed by atoms with Gasteiger partial charge in [-0.1, -0.05) is 35.3 Å². The third kappa shape index (κ3) is 2.57. The first-order valence-electron chi connectivity index (χ1n) is 6.08. The maximum absolute atomic E-state index is 12.4. The van der Waals surface area contributed by atoms with E-state index in [1.165, 1.54) is 16.9 Å². The number of benzene rings is 1. The molecule has 0 fully saturated rings. The largest absolute Gasteiger partial charge is 0.273 e. The Balaban J connectivity index is 2.15. The van der Waals surface area contributed by atoms with Crippen molar-refractivity contribution in [3.05, 3.63) is 73.0 Å². The molecule has 21 heavy (non-hydrogen) atoms. The van der Waals surface area contributed by atoms with Gasteiger partial charge in [-0.05, 0) is 18.2 Å². The molecule has 0 spiro atoms. The highest BCUT2D eigenvalue weighted by molar-refractivity contribution is 6.34. The molecule has 1 N–H and O–H groups in total. The lowest BCUT2D eigenvalue weighted by Crippen LogP contribution is -2.30. The van der Waals surface area contributed by atoms with Crippen molar-refractivity contribution in [1.82, 2.24) is 14.8 Å². The minimum atomic E-state index is -0.330. The van der Waals surface area contributed by atoms with Gasteiger partial charge in [0, 0.05) is 11.8 Å². The Morgan fingerprint density at radius 3 is 2.57 bits per heavy atom. The number of pyridine rings is 1. The maximum atomic E-state index is 12.4. The molecule has 0 saturated heterocycles. The van der Waals surface area contributed by atoms with Crippen LogP contribution in [0.5, 0.6) is 0 Å². The van der Waals surface area contributed by atoms with Gasteiger partial charge in [-0.3, -0.25) is 14.7 Å². The van der Waals surface area contributed by atoms with Crippen molar-refractivity contribution in [2.45, 2.75) is 6.54 Å². The van der Waals surface area contributed by atoms with Gasteiger partial charge in [0.2, 0.25) is 0 Å². The van der Waals surface area contributed by atoms with Crippen LogP contribution >= 0.6 is 23.2 Å². The molecule has 0 aliphatic rings. The fraction of sp³-hybridized carbons (Fsp3) is 0.0714. The summed E-state index contributed by atoms with van der Waals surface area (Å²) in [6.07, 6.45) is 1.48. The number of nitrogens with zero attached hydrogens (tertiary/aromatic N) is 2. The number of fused-ring (bicyclic) bond motifs is 1. The molecule has 3 rings (SSSR count). The Morgan fingerprint density at radius 1 is 1.14 bits per heavy atom. The van der Waals surface area contributed by atoms with Gasteiger partial charge in [0.15, 0.2) is 0 Å². The van der Waals surface area contributed by atoms with Crippen LogP contribution in [0.3, 0.4) is 0 Å². The molecule has 2 aromatic heterocycles. The predicted octanol–water partition coefficient (Wildman–Crippen LogP) is 2.44. The second-order valence-electron chi connectivity index (χ2n) is 4.48. The lowest BCUT2D eigenvalue weighted by atomic mass is 10.2. The van der Waals surface area contributed by atoms with E-state index >= 15 is 0 Å². The van der Waals surface area contributed by atoms with Crippen LogP contribution in [0.25, 0.3) is 10.8 Å². The van der Waals surface area contributed by atoms with E-state index in [0.717, 1.165) is 0 Å². The molecule has 0 aliphatic heterocycles. The molecular formula is C14H9Cl2N3O2.